The number of hydrogen-bond donors (Lipinski definition) is 1. The van der Waals surface area contributed by atoms with E-state index in [0.29, 0.717) is 16.6 Å². The molecule has 5 nitrogen and oxygen atoms in total. The third-order valence-corrected chi connectivity index (χ3v) is 3.43. The van der Waals surface area contributed by atoms with Gasteiger partial charge in [-0.3, -0.25) is 9.36 Å². The van der Waals surface area contributed by atoms with Gasteiger partial charge in [0.05, 0.1) is 16.6 Å². The van der Waals surface area contributed by atoms with Crippen molar-refractivity contribution < 1.29 is 0 Å². The molecule has 106 valence electrons. The van der Waals surface area contributed by atoms with Crippen LogP contribution in [0.25, 0.3) is 16.6 Å². The van der Waals surface area contributed by atoms with E-state index in [1.807, 2.05) is 43.3 Å². The van der Waals surface area contributed by atoms with Crippen molar-refractivity contribution in [3.63, 3.8) is 0 Å². The summed E-state index contributed by atoms with van der Waals surface area (Å²) in [6.07, 6.45) is 1.55. The molecule has 1 aromatic heterocycles. The standard InChI is InChI=1S/C16H16N4O/c1-19(2)12-4-6-13(7-5-12)20-10-18-15-8-3-11(17)9-14(15)16(20)21/h3-10H,17H2,1-2H3. The summed E-state index contributed by atoms with van der Waals surface area (Å²) in [5, 5.41) is 0.522. The average Bonchev–Trinajstić information content (AvgIpc) is 2.48. The van der Waals surface area contributed by atoms with Gasteiger partial charge in [0.2, 0.25) is 0 Å². The minimum absolute atomic E-state index is 0.120. The molecule has 0 bridgehead atoms. The molecule has 0 spiro atoms. The number of benzene rings is 2. The Morgan fingerprint density at radius 2 is 1.81 bits per heavy atom. The summed E-state index contributed by atoms with van der Waals surface area (Å²) in [5.41, 5.74) is 8.69. The third-order valence-electron chi connectivity index (χ3n) is 3.43. The zero-order chi connectivity index (χ0) is 15.0. The van der Waals surface area contributed by atoms with Crippen LogP contribution in [0.2, 0.25) is 0 Å². The first-order valence-electron chi connectivity index (χ1n) is 6.61. The fourth-order valence-electron chi connectivity index (χ4n) is 2.23. The number of fused-ring (bicyclic) bond motifs is 1. The van der Waals surface area contributed by atoms with Crippen LogP contribution in [0.3, 0.4) is 0 Å². The lowest BCUT2D eigenvalue weighted by molar-refractivity contribution is 0.962. The van der Waals surface area contributed by atoms with Crippen LogP contribution in [-0.2, 0) is 0 Å². The Hall–Kier alpha value is -2.82. The highest BCUT2D eigenvalue weighted by atomic mass is 16.1. The van der Waals surface area contributed by atoms with Gasteiger partial charge in [-0.05, 0) is 42.5 Å². The van der Waals surface area contributed by atoms with E-state index in [1.54, 1.807) is 24.5 Å². The van der Waals surface area contributed by atoms with E-state index in [0.717, 1.165) is 11.4 Å². The number of aromatic nitrogens is 2. The molecule has 5 heteroatoms. The Balaban J connectivity index is 2.16. The van der Waals surface area contributed by atoms with Crippen LogP contribution in [-0.4, -0.2) is 23.6 Å². The highest BCUT2D eigenvalue weighted by Gasteiger charge is 2.06. The molecule has 0 atom stereocenters. The summed E-state index contributed by atoms with van der Waals surface area (Å²) in [6, 6.07) is 12.9. The van der Waals surface area contributed by atoms with E-state index in [-0.39, 0.29) is 5.56 Å². The van der Waals surface area contributed by atoms with Crippen molar-refractivity contribution in [2.45, 2.75) is 0 Å². The Kier molecular flexibility index (Phi) is 3.10. The molecule has 0 saturated heterocycles. The number of anilines is 2. The monoisotopic (exact) mass is 280 g/mol. The second-order valence-corrected chi connectivity index (χ2v) is 5.11. The van der Waals surface area contributed by atoms with Gasteiger partial charge in [0, 0.05) is 25.5 Å². The minimum atomic E-state index is -0.120. The van der Waals surface area contributed by atoms with Crippen LogP contribution in [0.4, 0.5) is 11.4 Å². The van der Waals surface area contributed by atoms with Gasteiger partial charge >= 0.3 is 0 Å². The van der Waals surface area contributed by atoms with Crippen molar-refractivity contribution in [2.75, 3.05) is 24.7 Å². The van der Waals surface area contributed by atoms with Crippen LogP contribution in [0.15, 0.2) is 53.6 Å². The van der Waals surface area contributed by atoms with Crippen molar-refractivity contribution >= 4 is 22.3 Å². The summed E-state index contributed by atoms with van der Waals surface area (Å²) < 4.78 is 1.53. The van der Waals surface area contributed by atoms with Crippen LogP contribution >= 0.6 is 0 Å². The lowest BCUT2D eigenvalue weighted by Crippen LogP contribution is -2.19. The molecule has 0 aliphatic heterocycles. The molecule has 0 fully saturated rings. The quantitative estimate of drug-likeness (QED) is 0.730. The maximum absolute atomic E-state index is 12.6. The zero-order valence-corrected chi connectivity index (χ0v) is 11.9. The van der Waals surface area contributed by atoms with Crippen LogP contribution in [0.5, 0.6) is 0 Å². The van der Waals surface area contributed by atoms with Crippen molar-refractivity contribution in [1.82, 2.24) is 9.55 Å². The van der Waals surface area contributed by atoms with Gasteiger partial charge < -0.3 is 10.6 Å². The predicted octanol–water partition coefficient (Wildman–Crippen LogP) is 2.03. The highest BCUT2D eigenvalue weighted by Crippen LogP contribution is 2.16. The van der Waals surface area contributed by atoms with Crippen LogP contribution in [0, 0.1) is 0 Å². The Bertz CT molecular complexity index is 850. The fraction of sp³-hybridized carbons (Fsp3) is 0.125. The number of nitrogen functional groups attached to an aromatic ring is 1. The summed E-state index contributed by atoms with van der Waals surface area (Å²) in [4.78, 5) is 18.9. The normalized spacial score (nSPS) is 10.8. The molecular weight excluding hydrogens is 264 g/mol. The Morgan fingerprint density at radius 3 is 2.48 bits per heavy atom. The smallest absolute Gasteiger partial charge is 0.265 e. The molecule has 3 rings (SSSR count). The van der Waals surface area contributed by atoms with Gasteiger partial charge in [0.25, 0.3) is 5.56 Å². The van der Waals surface area contributed by atoms with Gasteiger partial charge in [-0.1, -0.05) is 0 Å². The molecule has 2 aromatic carbocycles. The maximum Gasteiger partial charge on any atom is 0.265 e. The molecule has 0 amide bonds. The van der Waals surface area contributed by atoms with Crippen LogP contribution in [0.1, 0.15) is 0 Å². The first kappa shape index (κ1) is 13.2. The highest BCUT2D eigenvalue weighted by molar-refractivity contribution is 5.81. The topological polar surface area (TPSA) is 64.2 Å². The minimum Gasteiger partial charge on any atom is -0.399 e. The summed E-state index contributed by atoms with van der Waals surface area (Å²) in [5.74, 6) is 0. The lowest BCUT2D eigenvalue weighted by Gasteiger charge is -2.13. The summed E-state index contributed by atoms with van der Waals surface area (Å²) in [6.45, 7) is 0. The maximum atomic E-state index is 12.6. The third kappa shape index (κ3) is 2.33. The molecule has 0 aliphatic rings. The second kappa shape index (κ2) is 4.94. The van der Waals surface area contributed by atoms with Gasteiger partial charge in [-0.2, -0.15) is 0 Å². The molecule has 0 radical (unpaired) electrons. The molecule has 0 aliphatic carbocycles. The molecule has 21 heavy (non-hydrogen) atoms. The second-order valence-electron chi connectivity index (χ2n) is 5.11. The van der Waals surface area contributed by atoms with E-state index in [9.17, 15) is 4.79 Å². The van der Waals surface area contributed by atoms with Crippen molar-refractivity contribution in [2.24, 2.45) is 0 Å². The van der Waals surface area contributed by atoms with E-state index < -0.39 is 0 Å². The van der Waals surface area contributed by atoms with E-state index in [1.165, 1.54) is 4.57 Å². The van der Waals surface area contributed by atoms with Crippen molar-refractivity contribution in [3.8, 4) is 5.69 Å². The van der Waals surface area contributed by atoms with Gasteiger partial charge in [0.1, 0.15) is 6.33 Å². The Labute approximate surface area is 122 Å². The molecule has 1 heterocycles. The van der Waals surface area contributed by atoms with Crippen molar-refractivity contribution in [1.29, 1.82) is 0 Å². The van der Waals surface area contributed by atoms with Crippen molar-refractivity contribution in [3.05, 3.63) is 59.1 Å². The van der Waals surface area contributed by atoms with E-state index in [4.69, 9.17) is 5.73 Å². The zero-order valence-electron chi connectivity index (χ0n) is 11.9. The first-order chi connectivity index (χ1) is 10.1. The van der Waals surface area contributed by atoms with E-state index in [2.05, 4.69) is 4.98 Å². The van der Waals surface area contributed by atoms with Crippen LogP contribution < -0.4 is 16.2 Å². The summed E-state index contributed by atoms with van der Waals surface area (Å²) in [7, 11) is 3.95. The fourth-order valence-corrected chi connectivity index (χ4v) is 2.23. The molecule has 3 aromatic rings. The number of hydrogen-bond acceptors (Lipinski definition) is 4. The molecular formula is C16H16N4O. The van der Waals surface area contributed by atoms with E-state index >= 15 is 0 Å². The summed E-state index contributed by atoms with van der Waals surface area (Å²) >= 11 is 0. The first-order valence-corrected chi connectivity index (χ1v) is 6.61. The molecule has 0 unspecified atom stereocenters. The SMILES string of the molecule is CN(C)c1ccc(-n2cnc3ccc(N)cc3c2=O)cc1. The number of rotatable bonds is 2. The van der Waals surface area contributed by atoms with Gasteiger partial charge in [-0.25, -0.2) is 4.98 Å². The van der Waals surface area contributed by atoms with Gasteiger partial charge in [0.15, 0.2) is 0 Å². The Morgan fingerprint density at radius 1 is 1.10 bits per heavy atom. The molecule has 0 saturated carbocycles. The van der Waals surface area contributed by atoms with Gasteiger partial charge in [-0.15, -0.1) is 0 Å². The predicted molar refractivity (Wildman–Crippen MR) is 86.1 cm³/mol. The lowest BCUT2D eigenvalue weighted by atomic mass is 10.2. The molecule has 2 N–H and O–H groups in total. The number of nitrogens with two attached hydrogens (primary N) is 1. The average molecular weight is 280 g/mol. The largest absolute Gasteiger partial charge is 0.399 e. The number of nitrogens with zero attached hydrogens (tertiary/aromatic N) is 3.